The van der Waals surface area contributed by atoms with Crippen LogP contribution in [0.2, 0.25) is 0 Å². The highest BCUT2D eigenvalue weighted by molar-refractivity contribution is 5.43. The first-order valence-corrected chi connectivity index (χ1v) is 3.91. The topological polar surface area (TPSA) is 64.5 Å². The zero-order valence-corrected chi connectivity index (χ0v) is 6.69. The zero-order valence-electron chi connectivity index (χ0n) is 6.69. The number of morpholine rings is 1. The summed E-state index contributed by atoms with van der Waals surface area (Å²) in [6.07, 6.45) is 0. The lowest BCUT2D eigenvalue weighted by atomic mass is 10.4. The molecule has 1 aliphatic heterocycles. The quantitative estimate of drug-likeness (QED) is 0.645. The number of nitrogens with two attached hydrogens (primary N) is 1. The van der Waals surface area contributed by atoms with E-state index in [0.29, 0.717) is 5.82 Å². The minimum absolute atomic E-state index is 0.427. The van der Waals surface area contributed by atoms with E-state index < -0.39 is 0 Å². The Balaban J connectivity index is 2.08. The lowest BCUT2D eigenvalue weighted by Crippen LogP contribution is -2.35. The average molecular weight is 169 g/mol. The second-order valence-corrected chi connectivity index (χ2v) is 2.69. The first-order valence-electron chi connectivity index (χ1n) is 3.91. The van der Waals surface area contributed by atoms with E-state index in [1.807, 2.05) is 0 Å². The van der Waals surface area contributed by atoms with Crippen molar-refractivity contribution < 1.29 is 9.26 Å². The van der Waals surface area contributed by atoms with Gasteiger partial charge in [-0.25, -0.2) is 0 Å². The number of ether oxygens (including phenoxy) is 1. The fourth-order valence-electron chi connectivity index (χ4n) is 1.21. The van der Waals surface area contributed by atoms with Crippen molar-refractivity contribution in [3.05, 3.63) is 6.07 Å². The number of nitrogens with zero attached hydrogens (tertiary/aromatic N) is 2. The predicted octanol–water partition coefficient (Wildman–Crippen LogP) is 0.0934. The largest absolute Gasteiger partial charge is 0.381 e. The van der Waals surface area contributed by atoms with Gasteiger partial charge in [-0.1, -0.05) is 5.16 Å². The normalized spacial score (nSPS) is 18.2. The van der Waals surface area contributed by atoms with Crippen molar-refractivity contribution >= 4 is 11.7 Å². The van der Waals surface area contributed by atoms with E-state index >= 15 is 0 Å². The smallest absolute Gasteiger partial charge is 0.229 e. The van der Waals surface area contributed by atoms with Crippen LogP contribution < -0.4 is 10.6 Å². The summed E-state index contributed by atoms with van der Waals surface area (Å²) in [5.41, 5.74) is 5.42. The van der Waals surface area contributed by atoms with Crippen LogP contribution >= 0.6 is 0 Å². The molecule has 2 heterocycles. The van der Waals surface area contributed by atoms with Crippen molar-refractivity contribution in [2.75, 3.05) is 36.9 Å². The zero-order chi connectivity index (χ0) is 8.39. The number of hydrogen-bond acceptors (Lipinski definition) is 5. The molecule has 0 saturated carbocycles. The summed E-state index contributed by atoms with van der Waals surface area (Å²) in [7, 11) is 0. The number of anilines is 2. The van der Waals surface area contributed by atoms with Crippen LogP contribution in [0.3, 0.4) is 0 Å². The second-order valence-electron chi connectivity index (χ2n) is 2.69. The maximum Gasteiger partial charge on any atom is 0.229 e. The van der Waals surface area contributed by atoms with Crippen LogP contribution in [0.4, 0.5) is 11.7 Å². The molecule has 0 spiro atoms. The molecular weight excluding hydrogens is 158 g/mol. The van der Waals surface area contributed by atoms with Gasteiger partial charge < -0.3 is 19.9 Å². The predicted molar refractivity (Wildman–Crippen MR) is 43.9 cm³/mol. The molecule has 2 rings (SSSR count). The minimum Gasteiger partial charge on any atom is -0.381 e. The summed E-state index contributed by atoms with van der Waals surface area (Å²) in [6, 6.07) is 1.73. The van der Waals surface area contributed by atoms with Gasteiger partial charge in [0.2, 0.25) is 5.88 Å². The van der Waals surface area contributed by atoms with Crippen molar-refractivity contribution in [1.82, 2.24) is 5.16 Å². The average Bonchev–Trinajstić information content (AvgIpc) is 2.54. The SMILES string of the molecule is Nc1cc(N2CCOCC2)on1. The number of rotatable bonds is 1. The summed E-state index contributed by atoms with van der Waals surface area (Å²) in [4.78, 5) is 2.06. The van der Waals surface area contributed by atoms with Crippen molar-refractivity contribution in [2.24, 2.45) is 0 Å². The standard InChI is InChI=1S/C7H11N3O2/c8-6-5-7(12-9-6)10-1-3-11-4-2-10/h5H,1-4H2,(H2,8,9). The van der Waals surface area contributed by atoms with E-state index in [-0.39, 0.29) is 0 Å². The van der Waals surface area contributed by atoms with Crippen molar-refractivity contribution in [3.63, 3.8) is 0 Å². The van der Waals surface area contributed by atoms with Gasteiger partial charge >= 0.3 is 0 Å². The van der Waals surface area contributed by atoms with Crippen LogP contribution in [0.15, 0.2) is 10.6 Å². The Morgan fingerprint density at radius 2 is 2.17 bits per heavy atom. The highest BCUT2D eigenvalue weighted by Gasteiger charge is 2.14. The highest BCUT2D eigenvalue weighted by Crippen LogP contribution is 2.17. The Labute approximate surface area is 70.1 Å². The fourth-order valence-corrected chi connectivity index (χ4v) is 1.21. The van der Waals surface area contributed by atoms with Crippen LogP contribution in [0.5, 0.6) is 0 Å². The Bertz CT molecular complexity index is 255. The molecule has 1 saturated heterocycles. The maximum absolute atomic E-state index is 5.42. The molecule has 0 bridgehead atoms. The molecule has 0 aliphatic carbocycles. The molecule has 1 aliphatic rings. The molecule has 0 aromatic carbocycles. The van der Waals surface area contributed by atoms with Crippen LogP contribution in [-0.4, -0.2) is 31.5 Å². The Morgan fingerprint density at radius 3 is 2.75 bits per heavy atom. The summed E-state index contributed by atoms with van der Waals surface area (Å²) < 4.78 is 10.2. The van der Waals surface area contributed by atoms with Crippen LogP contribution in [0, 0.1) is 0 Å². The Hall–Kier alpha value is -1.23. The highest BCUT2D eigenvalue weighted by atomic mass is 16.5. The first-order chi connectivity index (χ1) is 5.86. The number of hydrogen-bond donors (Lipinski definition) is 1. The van der Waals surface area contributed by atoms with Gasteiger partial charge in [-0.15, -0.1) is 0 Å². The van der Waals surface area contributed by atoms with Gasteiger partial charge in [-0.3, -0.25) is 0 Å². The summed E-state index contributed by atoms with van der Waals surface area (Å²) in [6.45, 7) is 3.16. The first kappa shape index (κ1) is 7.42. The van der Waals surface area contributed by atoms with Crippen molar-refractivity contribution in [2.45, 2.75) is 0 Å². The maximum atomic E-state index is 5.42. The van der Waals surface area contributed by atoms with E-state index in [1.165, 1.54) is 0 Å². The summed E-state index contributed by atoms with van der Waals surface area (Å²) >= 11 is 0. The van der Waals surface area contributed by atoms with Gasteiger partial charge in [0.15, 0.2) is 5.82 Å². The third-order valence-corrected chi connectivity index (χ3v) is 1.84. The molecule has 66 valence electrons. The van der Waals surface area contributed by atoms with Gasteiger partial charge in [0.05, 0.1) is 13.2 Å². The molecular formula is C7H11N3O2. The lowest BCUT2D eigenvalue weighted by Gasteiger charge is -2.25. The van der Waals surface area contributed by atoms with E-state index in [2.05, 4.69) is 10.1 Å². The third-order valence-electron chi connectivity index (χ3n) is 1.84. The molecule has 12 heavy (non-hydrogen) atoms. The number of nitrogen functional groups attached to an aromatic ring is 1. The fraction of sp³-hybridized carbons (Fsp3) is 0.571. The van der Waals surface area contributed by atoms with E-state index in [1.54, 1.807) is 6.07 Å². The van der Waals surface area contributed by atoms with Crippen molar-refractivity contribution in [3.8, 4) is 0 Å². The van der Waals surface area contributed by atoms with Crippen molar-refractivity contribution in [1.29, 1.82) is 0 Å². The molecule has 1 fully saturated rings. The molecule has 0 amide bonds. The Morgan fingerprint density at radius 1 is 1.42 bits per heavy atom. The molecule has 5 nitrogen and oxygen atoms in total. The second kappa shape index (κ2) is 3.02. The molecule has 2 N–H and O–H groups in total. The molecule has 1 aromatic heterocycles. The molecule has 0 unspecified atom stereocenters. The Kier molecular flexibility index (Phi) is 1.87. The van der Waals surface area contributed by atoms with Gasteiger partial charge in [0.25, 0.3) is 0 Å². The van der Waals surface area contributed by atoms with Gasteiger partial charge in [-0.05, 0) is 0 Å². The summed E-state index contributed by atoms with van der Waals surface area (Å²) in [5, 5.41) is 3.61. The third kappa shape index (κ3) is 1.35. The van der Waals surface area contributed by atoms with Crippen LogP contribution in [0.1, 0.15) is 0 Å². The molecule has 5 heteroatoms. The van der Waals surface area contributed by atoms with Crippen LogP contribution in [0.25, 0.3) is 0 Å². The van der Waals surface area contributed by atoms with Gasteiger partial charge in [0.1, 0.15) is 0 Å². The molecule has 0 radical (unpaired) electrons. The molecule has 0 atom stereocenters. The van der Waals surface area contributed by atoms with Crippen LogP contribution in [-0.2, 0) is 4.74 Å². The summed E-state index contributed by atoms with van der Waals surface area (Å²) in [5.74, 6) is 1.16. The monoisotopic (exact) mass is 169 g/mol. The van der Waals surface area contributed by atoms with E-state index in [9.17, 15) is 0 Å². The lowest BCUT2D eigenvalue weighted by molar-refractivity contribution is 0.120. The molecule has 1 aromatic rings. The minimum atomic E-state index is 0.427. The van der Waals surface area contributed by atoms with Gasteiger partial charge in [0, 0.05) is 19.2 Å². The van der Waals surface area contributed by atoms with Gasteiger partial charge in [-0.2, -0.15) is 0 Å². The van der Waals surface area contributed by atoms with E-state index in [4.69, 9.17) is 15.0 Å². The number of aromatic nitrogens is 1. The van der Waals surface area contributed by atoms with E-state index in [0.717, 1.165) is 32.2 Å².